The SMILES string of the molecule is Brc1ccc2c(c1)c1cc(Br)ccc1n2-c1ccccc1.C.CB1OC(C)(C)C(C)(C)O1.CC(Cl)Cl.CC1(C)OB(c2ccc3c(c2)c2cc(B4OC(C)(C)C(C)(C)O4)ccc2n3-c2ccccc2)OC1(C)C.N#Cc1cccc(C#N)c1I.[C-]#[N+]c1cccc(C#N)c1-c1ccc2c(c1)c1cc(-c3c(C#N)cccc3[N+]#[C-])ccc1n2-c1ccccc1. The van der Waals surface area contributed by atoms with Gasteiger partial charge in [0, 0.05) is 84.1 Å². The Bertz CT molecular complexity index is 6360. The minimum Gasteiger partial charge on any atom is -0.403 e. The molecule has 0 spiro atoms. The molecule has 15 aromatic rings. The van der Waals surface area contributed by atoms with Gasteiger partial charge in [-0.05, 0) is 275 Å². The van der Waals surface area contributed by atoms with Crippen molar-refractivity contribution in [2.45, 2.75) is 143 Å². The van der Waals surface area contributed by atoms with E-state index >= 15 is 0 Å². The van der Waals surface area contributed by atoms with Gasteiger partial charge in [-0.1, -0.05) is 161 Å². The lowest BCUT2D eigenvalue weighted by Crippen LogP contribution is -2.41. The van der Waals surface area contributed by atoms with Gasteiger partial charge in [-0.2, -0.15) is 21.0 Å². The van der Waals surface area contributed by atoms with Gasteiger partial charge in [-0.25, -0.2) is 9.69 Å². The van der Waals surface area contributed by atoms with Crippen molar-refractivity contribution in [2.75, 3.05) is 0 Å². The molecule has 18 rings (SSSR count). The average molecular weight is 1900 g/mol. The number of hydrogen-bond acceptors (Lipinski definition) is 10. The van der Waals surface area contributed by atoms with Gasteiger partial charge in [-0.3, -0.25) is 0 Å². The summed E-state index contributed by atoms with van der Waals surface area (Å²) in [6.45, 7) is 43.9. The van der Waals surface area contributed by atoms with Crippen molar-refractivity contribution in [1.29, 1.82) is 21.0 Å². The van der Waals surface area contributed by atoms with Gasteiger partial charge in [0.1, 0.15) is 17.0 Å². The van der Waals surface area contributed by atoms with E-state index in [4.69, 9.17) is 74.8 Å². The lowest BCUT2D eigenvalue weighted by molar-refractivity contribution is 0.00578. The Morgan fingerprint density at radius 2 is 0.626 bits per heavy atom. The van der Waals surface area contributed by atoms with Gasteiger partial charge >= 0.3 is 21.4 Å². The van der Waals surface area contributed by atoms with Crippen molar-refractivity contribution in [3.63, 3.8) is 0 Å². The molecule has 614 valence electrons. The predicted molar refractivity (Wildman–Crippen MR) is 520 cm³/mol. The van der Waals surface area contributed by atoms with Crippen LogP contribution in [0.2, 0.25) is 6.82 Å². The van der Waals surface area contributed by atoms with Crippen molar-refractivity contribution in [3.8, 4) is 63.6 Å². The first-order chi connectivity index (χ1) is 58.1. The summed E-state index contributed by atoms with van der Waals surface area (Å²) in [6, 6.07) is 92.9. The molecule has 12 aromatic carbocycles. The fraction of sp³-hybridized carbons (Fsp3) is 0.220. The Morgan fingerprint density at radius 1 is 0.366 bits per heavy atom. The second-order valence-corrected chi connectivity index (χ2v) is 37.1. The lowest BCUT2D eigenvalue weighted by atomic mass is 9.77. The van der Waals surface area contributed by atoms with E-state index in [0.717, 1.165) is 89.6 Å². The lowest BCUT2D eigenvalue weighted by Gasteiger charge is -2.32. The zero-order chi connectivity index (χ0) is 87.5. The highest BCUT2D eigenvalue weighted by atomic mass is 127. The van der Waals surface area contributed by atoms with Crippen LogP contribution in [0, 0.1) is 62.0 Å². The maximum Gasteiger partial charge on any atom is 0.494 e. The molecular formula is C100H89B3Br2Cl2IN9O6. The van der Waals surface area contributed by atoms with E-state index in [1.807, 2.05) is 120 Å². The Labute approximate surface area is 761 Å². The monoisotopic (exact) mass is 1900 g/mol. The number of benzene rings is 12. The van der Waals surface area contributed by atoms with Crippen LogP contribution in [-0.2, 0) is 27.9 Å². The van der Waals surface area contributed by atoms with Crippen LogP contribution in [-0.4, -0.2) is 73.5 Å². The normalized spacial score (nSPS) is 15.2. The van der Waals surface area contributed by atoms with E-state index < -0.39 is 36.6 Å². The third-order valence-electron chi connectivity index (χ3n) is 23.1. The molecule has 15 nitrogen and oxygen atoms in total. The summed E-state index contributed by atoms with van der Waals surface area (Å²) in [5, 5.41) is 43.4. The number of nitrogens with zero attached hydrogens (tertiary/aromatic N) is 9. The Hall–Kier alpha value is -10.8. The molecule has 0 amide bonds. The Kier molecular flexibility index (Phi) is 27.7. The quantitative estimate of drug-likeness (QED) is 0.0646. The molecule has 0 atom stereocenters. The standard InChI is InChI=1S/C34H17N5.C30H35B2NO4.C18H11Br2N.C8H3IN2.C7H15BO2.C2H4Cl2.CH4/c1-37-29-12-6-8-24(20-35)33(29)22-14-16-31-27(18-22)28-19-23(34-25(21-36)9-7-13-30(34)38-2)15-17-32(28)39(31)26-10-4-3-5-11-26;1-27(2)28(3,4)35-31(34-27)20-14-16-25-23(18-20)24-19-21(32-36-29(5,6)30(7,8)37-32)15-17-26(24)33(25)22-12-10-9-11-13-22;19-12-6-8-17-15(10-12)16-11-13(20)7-9-18(16)21(17)14-4-2-1-3-5-14;9-8-6(4-10)2-1-3-7(8)5-11;1-6(2)7(3,4)10-8(5)9-6;1-2(3)4;/h3-19H;9-19H,1-8H3;1-11H;1-3H;1-5H3;2H,1H3;1H4. The van der Waals surface area contributed by atoms with E-state index in [2.05, 4.69) is 272 Å². The zero-order valence-electron chi connectivity index (χ0n) is 69.9. The largest absolute Gasteiger partial charge is 0.494 e. The van der Waals surface area contributed by atoms with Crippen LogP contribution in [0.15, 0.2) is 264 Å². The van der Waals surface area contributed by atoms with Crippen LogP contribution in [0.4, 0.5) is 11.4 Å². The molecular weight excluding hydrogens is 1810 g/mol. The van der Waals surface area contributed by atoms with Crippen molar-refractivity contribution in [3.05, 3.63) is 312 Å². The molecule has 23 heteroatoms. The molecule has 3 aliphatic heterocycles. The van der Waals surface area contributed by atoms with Crippen molar-refractivity contribution in [2.24, 2.45) is 0 Å². The topological polar surface area (TPSA) is 174 Å². The molecule has 123 heavy (non-hydrogen) atoms. The summed E-state index contributed by atoms with van der Waals surface area (Å²) in [4.78, 5) is 7.13. The number of halogens is 5. The van der Waals surface area contributed by atoms with Crippen molar-refractivity contribution in [1.82, 2.24) is 13.7 Å². The minimum absolute atomic E-state index is 0. The zero-order valence-corrected chi connectivity index (χ0v) is 76.8. The maximum absolute atomic E-state index is 9.79. The van der Waals surface area contributed by atoms with E-state index in [9.17, 15) is 10.5 Å². The number of fused-ring (bicyclic) bond motifs is 9. The average Bonchev–Trinajstić information content (AvgIpc) is 1.58. The molecule has 0 saturated carbocycles. The van der Waals surface area contributed by atoms with Gasteiger partial charge in [0.15, 0.2) is 11.4 Å². The molecule has 6 heterocycles. The van der Waals surface area contributed by atoms with Crippen molar-refractivity contribution >= 4 is 187 Å². The number of alkyl halides is 2. The molecule has 3 aliphatic rings. The molecule has 0 bridgehead atoms. The molecule has 3 saturated heterocycles. The minimum atomic E-state index is -0.421. The van der Waals surface area contributed by atoms with E-state index in [0.29, 0.717) is 44.8 Å². The van der Waals surface area contributed by atoms with E-state index in [1.54, 1.807) is 61.5 Å². The number of hydrogen-bond donors (Lipinski definition) is 0. The number of nitriles is 4. The summed E-state index contributed by atoms with van der Waals surface area (Å²) in [5.74, 6) is 0. The van der Waals surface area contributed by atoms with Crippen LogP contribution < -0.4 is 10.9 Å². The van der Waals surface area contributed by atoms with Crippen LogP contribution in [0.1, 0.15) is 120 Å². The smallest absolute Gasteiger partial charge is 0.403 e. The first-order valence-electron chi connectivity index (χ1n) is 39.6. The van der Waals surface area contributed by atoms with Gasteiger partial charge in [-0.15, -0.1) is 23.2 Å². The molecule has 0 N–H and O–H groups in total. The Morgan fingerprint density at radius 3 is 0.911 bits per heavy atom. The molecule has 3 fully saturated rings. The van der Waals surface area contributed by atoms with E-state index in [1.165, 1.54) is 27.5 Å². The Balaban J connectivity index is 0.000000150. The highest BCUT2D eigenvalue weighted by molar-refractivity contribution is 14.1. The molecule has 0 radical (unpaired) electrons. The van der Waals surface area contributed by atoms with Gasteiger partial charge in [0.2, 0.25) is 0 Å². The first-order valence-corrected chi connectivity index (χ1v) is 43.1. The molecule has 0 unspecified atom stereocenters. The summed E-state index contributed by atoms with van der Waals surface area (Å²) >= 11 is 19.2. The summed E-state index contributed by atoms with van der Waals surface area (Å²) < 4.78 is 46.3. The third-order valence-corrected chi connectivity index (χ3v) is 25.3. The summed E-state index contributed by atoms with van der Waals surface area (Å²) in [7, 11) is -0.906. The predicted octanol–water partition coefficient (Wildman–Crippen LogP) is 26.8. The highest BCUT2D eigenvalue weighted by Crippen LogP contribution is 2.45. The second kappa shape index (κ2) is 37.3. The van der Waals surface area contributed by atoms with Crippen LogP contribution in [0.5, 0.6) is 0 Å². The van der Waals surface area contributed by atoms with Crippen LogP contribution in [0.3, 0.4) is 0 Å². The number of rotatable bonds is 7. The molecule has 3 aromatic heterocycles. The van der Waals surface area contributed by atoms with Crippen LogP contribution >= 0.6 is 77.7 Å². The third kappa shape index (κ3) is 18.7. The number of para-hydroxylation sites is 3. The fourth-order valence-electron chi connectivity index (χ4n) is 15.1. The van der Waals surface area contributed by atoms with Gasteiger partial charge < -0.3 is 41.6 Å². The van der Waals surface area contributed by atoms with Crippen LogP contribution in [0.25, 0.3) is 114 Å². The van der Waals surface area contributed by atoms with Gasteiger partial charge in [0.25, 0.3) is 0 Å². The van der Waals surface area contributed by atoms with Crippen molar-refractivity contribution < 1.29 is 27.9 Å². The maximum atomic E-state index is 9.79. The fourth-order valence-corrected chi connectivity index (χ4v) is 16.4. The summed E-state index contributed by atoms with van der Waals surface area (Å²) in [6.07, 6.45) is 0. The van der Waals surface area contributed by atoms with Gasteiger partial charge in [0.05, 0.1) is 103 Å². The first kappa shape index (κ1) is 91.4. The molecule has 0 aliphatic carbocycles. The highest BCUT2D eigenvalue weighted by Gasteiger charge is 2.53. The summed E-state index contributed by atoms with van der Waals surface area (Å²) in [5.41, 5.74) is 15.7. The van der Waals surface area contributed by atoms with E-state index in [-0.39, 0.29) is 30.6 Å². The number of aromatic nitrogens is 3. The second-order valence-electron chi connectivity index (χ2n) is 32.6.